The lowest BCUT2D eigenvalue weighted by Crippen LogP contribution is -1.92. The van der Waals surface area contributed by atoms with Gasteiger partial charge in [0.1, 0.15) is 0 Å². The molecule has 0 bridgehead atoms. The van der Waals surface area contributed by atoms with E-state index in [1.54, 1.807) is 0 Å². The van der Waals surface area contributed by atoms with Gasteiger partial charge in [0, 0.05) is 0 Å². The molecule has 0 aliphatic rings. The van der Waals surface area contributed by atoms with E-state index in [0.29, 0.717) is 0 Å². The third-order valence-electron chi connectivity index (χ3n) is 2.26. The maximum atomic E-state index is 10.3. The van der Waals surface area contributed by atoms with Gasteiger partial charge in [0.05, 0.1) is 6.61 Å². The lowest BCUT2D eigenvalue weighted by atomic mass is 10.1. The lowest BCUT2D eigenvalue weighted by Gasteiger charge is -2.04. The maximum absolute atomic E-state index is 10.3. The molecule has 0 rings (SSSR count). The molecule has 0 saturated carbocycles. The molecular formula is C10H25O5P. The molecule has 5 nitrogen and oxygen atoms in total. The fourth-order valence-electron chi connectivity index (χ4n) is 1.42. The summed E-state index contributed by atoms with van der Waals surface area (Å²) < 4.78 is 14.7. The predicted octanol–water partition coefficient (Wildman–Crippen LogP) is 2.41. The molecule has 100 valence electrons. The van der Waals surface area contributed by atoms with Crippen molar-refractivity contribution in [1.82, 2.24) is 0 Å². The van der Waals surface area contributed by atoms with E-state index in [0.717, 1.165) is 19.3 Å². The van der Waals surface area contributed by atoms with E-state index < -0.39 is 7.82 Å². The lowest BCUT2D eigenvalue weighted by molar-refractivity contribution is 0.193. The van der Waals surface area contributed by atoms with E-state index in [-0.39, 0.29) is 12.1 Å². The van der Waals surface area contributed by atoms with Crippen LogP contribution in [0.25, 0.3) is 0 Å². The molecule has 0 aliphatic heterocycles. The highest BCUT2D eigenvalue weighted by atomic mass is 31.2. The van der Waals surface area contributed by atoms with Gasteiger partial charge in [0.15, 0.2) is 0 Å². The van der Waals surface area contributed by atoms with Crippen LogP contribution in [0.5, 0.6) is 0 Å². The quantitative estimate of drug-likeness (QED) is 0.463. The fraction of sp³-hybridized carbons (Fsp3) is 1.00. The van der Waals surface area contributed by atoms with E-state index in [9.17, 15) is 4.57 Å². The standard InChI is InChI=1S/C10H23O4P.H2O/c1-2-3-4-5-6-7-8-9-10-14-15(11,12)13;/h2-10H2,1H3,(H2,11,12,13);1H2. The van der Waals surface area contributed by atoms with Crippen molar-refractivity contribution in [2.24, 2.45) is 0 Å². The van der Waals surface area contributed by atoms with Crippen LogP contribution in [0.1, 0.15) is 58.3 Å². The molecule has 0 unspecified atom stereocenters. The summed E-state index contributed by atoms with van der Waals surface area (Å²) in [5.41, 5.74) is 0. The number of hydrogen-bond acceptors (Lipinski definition) is 2. The summed E-state index contributed by atoms with van der Waals surface area (Å²) in [7, 11) is -4.24. The first-order valence-corrected chi connectivity index (χ1v) is 7.29. The molecule has 4 N–H and O–H groups in total. The van der Waals surface area contributed by atoms with Crippen LogP contribution >= 0.6 is 7.82 Å². The topological polar surface area (TPSA) is 98.3 Å². The molecular weight excluding hydrogens is 231 g/mol. The number of rotatable bonds is 10. The Hall–Kier alpha value is 0.0700. The Balaban J connectivity index is 0. The molecule has 0 aromatic heterocycles. The van der Waals surface area contributed by atoms with Crippen LogP contribution in [-0.2, 0) is 9.09 Å². The van der Waals surface area contributed by atoms with Crippen molar-refractivity contribution in [3.05, 3.63) is 0 Å². The van der Waals surface area contributed by atoms with Gasteiger partial charge >= 0.3 is 7.82 Å². The van der Waals surface area contributed by atoms with Crippen molar-refractivity contribution in [3.8, 4) is 0 Å². The Kier molecular flexibility index (Phi) is 13.3. The van der Waals surface area contributed by atoms with Crippen LogP contribution in [0, 0.1) is 0 Å². The molecule has 0 spiro atoms. The van der Waals surface area contributed by atoms with Crippen molar-refractivity contribution in [2.75, 3.05) is 6.61 Å². The summed E-state index contributed by atoms with van der Waals surface area (Å²) in [6.45, 7) is 2.36. The van der Waals surface area contributed by atoms with Crippen molar-refractivity contribution in [3.63, 3.8) is 0 Å². The number of phosphoric acid groups is 1. The van der Waals surface area contributed by atoms with E-state index in [1.165, 1.54) is 32.1 Å². The van der Waals surface area contributed by atoms with Gasteiger partial charge < -0.3 is 15.3 Å². The smallest absolute Gasteiger partial charge is 0.412 e. The normalized spacial score (nSPS) is 11.2. The van der Waals surface area contributed by atoms with E-state index >= 15 is 0 Å². The molecule has 0 aliphatic carbocycles. The third kappa shape index (κ3) is 16.5. The zero-order chi connectivity index (χ0) is 11.6. The zero-order valence-electron chi connectivity index (χ0n) is 10.0. The summed E-state index contributed by atoms with van der Waals surface area (Å²) in [4.78, 5) is 16.8. The summed E-state index contributed by atoms with van der Waals surface area (Å²) in [6, 6.07) is 0. The van der Waals surface area contributed by atoms with E-state index in [2.05, 4.69) is 11.4 Å². The Morgan fingerprint density at radius 1 is 0.938 bits per heavy atom. The number of unbranched alkanes of at least 4 members (excludes halogenated alkanes) is 7. The molecule has 6 heteroatoms. The van der Waals surface area contributed by atoms with Crippen molar-refractivity contribution >= 4 is 7.82 Å². The highest BCUT2D eigenvalue weighted by molar-refractivity contribution is 7.46. The molecule has 0 atom stereocenters. The second kappa shape index (κ2) is 11.6. The second-order valence-corrected chi connectivity index (χ2v) is 5.04. The Morgan fingerprint density at radius 2 is 1.38 bits per heavy atom. The van der Waals surface area contributed by atoms with Crippen LogP contribution < -0.4 is 0 Å². The summed E-state index contributed by atoms with van der Waals surface area (Å²) in [5.74, 6) is 0. The van der Waals surface area contributed by atoms with Gasteiger partial charge in [-0.25, -0.2) is 4.57 Å². The number of hydrogen-bond donors (Lipinski definition) is 2. The van der Waals surface area contributed by atoms with E-state index in [4.69, 9.17) is 9.79 Å². The molecule has 0 radical (unpaired) electrons. The van der Waals surface area contributed by atoms with Crippen LogP contribution in [0.15, 0.2) is 0 Å². The molecule has 0 heterocycles. The third-order valence-corrected chi connectivity index (χ3v) is 2.78. The van der Waals surface area contributed by atoms with Gasteiger partial charge in [-0.05, 0) is 6.42 Å². The van der Waals surface area contributed by atoms with Gasteiger partial charge in [-0.2, -0.15) is 0 Å². The van der Waals surface area contributed by atoms with Gasteiger partial charge in [0.2, 0.25) is 0 Å². The van der Waals surface area contributed by atoms with Crippen molar-refractivity contribution < 1.29 is 24.4 Å². The zero-order valence-corrected chi connectivity index (χ0v) is 10.9. The first-order chi connectivity index (χ1) is 7.06. The minimum absolute atomic E-state index is 0. The SMILES string of the molecule is CCCCCCCCCCOP(=O)(O)O.O. The number of phosphoric ester groups is 1. The van der Waals surface area contributed by atoms with Crippen LogP contribution in [0.2, 0.25) is 0 Å². The fourth-order valence-corrected chi connectivity index (χ4v) is 1.79. The van der Waals surface area contributed by atoms with Crippen LogP contribution in [0.3, 0.4) is 0 Å². The van der Waals surface area contributed by atoms with Gasteiger partial charge in [-0.15, -0.1) is 0 Å². The average molecular weight is 256 g/mol. The van der Waals surface area contributed by atoms with Crippen molar-refractivity contribution in [2.45, 2.75) is 58.3 Å². The maximum Gasteiger partial charge on any atom is 0.469 e. The average Bonchev–Trinajstić information content (AvgIpc) is 2.14. The Labute approximate surface area is 97.8 Å². The highest BCUT2D eigenvalue weighted by Gasteiger charge is 2.12. The highest BCUT2D eigenvalue weighted by Crippen LogP contribution is 2.35. The molecule has 0 fully saturated rings. The summed E-state index contributed by atoms with van der Waals surface area (Å²) in [6.07, 6.45) is 9.22. The summed E-state index contributed by atoms with van der Waals surface area (Å²) >= 11 is 0. The van der Waals surface area contributed by atoms with Crippen molar-refractivity contribution in [1.29, 1.82) is 0 Å². The molecule has 0 aromatic carbocycles. The first kappa shape index (κ1) is 18.4. The minimum Gasteiger partial charge on any atom is -0.412 e. The monoisotopic (exact) mass is 256 g/mol. The molecule has 0 amide bonds. The minimum atomic E-state index is -4.24. The van der Waals surface area contributed by atoms with Gasteiger partial charge in [-0.1, -0.05) is 51.9 Å². The Bertz CT molecular complexity index is 180. The largest absolute Gasteiger partial charge is 0.469 e. The second-order valence-electron chi connectivity index (χ2n) is 3.80. The summed E-state index contributed by atoms with van der Waals surface area (Å²) in [5, 5.41) is 0. The van der Waals surface area contributed by atoms with Crippen LogP contribution in [-0.4, -0.2) is 21.9 Å². The molecule has 16 heavy (non-hydrogen) atoms. The molecule has 0 saturated heterocycles. The Morgan fingerprint density at radius 3 is 1.81 bits per heavy atom. The van der Waals surface area contributed by atoms with Crippen LogP contribution in [0.4, 0.5) is 0 Å². The van der Waals surface area contributed by atoms with Gasteiger partial charge in [-0.3, -0.25) is 4.52 Å². The van der Waals surface area contributed by atoms with E-state index in [1.807, 2.05) is 0 Å². The predicted molar refractivity (Wildman–Crippen MR) is 64.2 cm³/mol. The first-order valence-electron chi connectivity index (χ1n) is 5.76. The molecule has 0 aromatic rings. The van der Waals surface area contributed by atoms with Gasteiger partial charge in [0.25, 0.3) is 0 Å².